The lowest BCUT2D eigenvalue weighted by Crippen LogP contribution is -2.20. The number of hydrogen-bond acceptors (Lipinski definition) is 2. The summed E-state index contributed by atoms with van der Waals surface area (Å²) in [6.07, 6.45) is 1.07. The van der Waals surface area contributed by atoms with E-state index in [1.807, 2.05) is 13.0 Å². The first-order valence-electron chi connectivity index (χ1n) is 4.89. The van der Waals surface area contributed by atoms with Crippen LogP contribution in [0.4, 0.5) is 4.39 Å². The molecule has 0 unspecified atom stereocenters. The van der Waals surface area contributed by atoms with Crippen molar-refractivity contribution in [2.75, 3.05) is 13.1 Å². The summed E-state index contributed by atoms with van der Waals surface area (Å²) in [4.78, 5) is 0. The highest BCUT2D eigenvalue weighted by Crippen LogP contribution is 2.20. The molecule has 1 aliphatic rings. The number of benzene rings is 1. The first kappa shape index (κ1) is 9.46. The number of rotatable bonds is 2. The third-order valence-electron chi connectivity index (χ3n) is 2.40. The maximum atomic E-state index is 13.4. The summed E-state index contributed by atoms with van der Waals surface area (Å²) in [7, 11) is 0. The van der Waals surface area contributed by atoms with Gasteiger partial charge in [0.1, 0.15) is 6.10 Å². The van der Waals surface area contributed by atoms with Crippen molar-refractivity contribution in [3.8, 4) is 5.75 Å². The Bertz CT molecular complexity index is 321. The summed E-state index contributed by atoms with van der Waals surface area (Å²) in [5.74, 6) is 0.0983. The van der Waals surface area contributed by atoms with Crippen LogP contribution in [0.3, 0.4) is 0 Å². The molecule has 1 N–H and O–H groups in total. The maximum absolute atomic E-state index is 13.4. The van der Waals surface area contributed by atoms with Crippen molar-refractivity contribution in [2.24, 2.45) is 0 Å². The van der Waals surface area contributed by atoms with Crippen LogP contribution in [0.5, 0.6) is 5.75 Å². The highest BCUT2D eigenvalue weighted by molar-refractivity contribution is 5.28. The summed E-state index contributed by atoms with van der Waals surface area (Å²) in [6.45, 7) is 3.63. The van der Waals surface area contributed by atoms with Gasteiger partial charge in [-0.05, 0) is 37.6 Å². The number of halogens is 1. The molecule has 1 aromatic carbocycles. The number of aryl methyl sites for hydroxylation is 1. The van der Waals surface area contributed by atoms with Crippen LogP contribution in [0.1, 0.15) is 12.0 Å². The second-order valence-electron chi connectivity index (χ2n) is 3.67. The van der Waals surface area contributed by atoms with Crippen molar-refractivity contribution in [2.45, 2.75) is 19.4 Å². The zero-order valence-corrected chi connectivity index (χ0v) is 8.22. The average Bonchev–Trinajstić information content (AvgIpc) is 2.62. The molecule has 0 spiro atoms. The Hall–Kier alpha value is -1.09. The molecule has 2 nitrogen and oxygen atoms in total. The van der Waals surface area contributed by atoms with Crippen LogP contribution in [-0.4, -0.2) is 19.2 Å². The first-order chi connectivity index (χ1) is 6.75. The molecule has 3 heteroatoms. The van der Waals surface area contributed by atoms with Gasteiger partial charge in [0.05, 0.1) is 0 Å². The molecule has 0 saturated carbocycles. The Labute approximate surface area is 83.1 Å². The van der Waals surface area contributed by atoms with Crippen LogP contribution in [-0.2, 0) is 0 Å². The van der Waals surface area contributed by atoms with Gasteiger partial charge in [0.25, 0.3) is 0 Å². The van der Waals surface area contributed by atoms with Crippen LogP contribution in [0.25, 0.3) is 0 Å². The van der Waals surface area contributed by atoms with Crippen molar-refractivity contribution in [3.05, 3.63) is 29.6 Å². The molecular formula is C11H14FNO. The van der Waals surface area contributed by atoms with E-state index in [1.54, 1.807) is 6.07 Å². The maximum Gasteiger partial charge on any atom is 0.165 e. The fourth-order valence-electron chi connectivity index (χ4n) is 1.61. The highest BCUT2D eigenvalue weighted by Gasteiger charge is 2.17. The third kappa shape index (κ3) is 2.04. The molecule has 1 heterocycles. The molecule has 1 fully saturated rings. The molecule has 1 atom stereocenters. The van der Waals surface area contributed by atoms with Crippen molar-refractivity contribution < 1.29 is 9.13 Å². The number of nitrogens with one attached hydrogen (secondary N) is 1. The smallest absolute Gasteiger partial charge is 0.165 e. The van der Waals surface area contributed by atoms with E-state index in [4.69, 9.17) is 4.74 Å². The molecule has 0 aromatic heterocycles. The third-order valence-corrected chi connectivity index (χ3v) is 2.40. The summed E-state index contributed by atoms with van der Waals surface area (Å²) < 4.78 is 18.9. The number of hydrogen-bond donors (Lipinski definition) is 1. The predicted octanol–water partition coefficient (Wildman–Crippen LogP) is 1.87. The van der Waals surface area contributed by atoms with E-state index in [0.29, 0.717) is 5.75 Å². The van der Waals surface area contributed by atoms with Crippen LogP contribution in [0.15, 0.2) is 18.2 Å². The lowest BCUT2D eigenvalue weighted by atomic mass is 10.2. The van der Waals surface area contributed by atoms with Crippen molar-refractivity contribution in [1.29, 1.82) is 0 Å². The van der Waals surface area contributed by atoms with Crippen molar-refractivity contribution in [1.82, 2.24) is 5.32 Å². The molecule has 0 aliphatic carbocycles. The van der Waals surface area contributed by atoms with E-state index in [1.165, 1.54) is 6.07 Å². The van der Waals surface area contributed by atoms with Gasteiger partial charge in [-0.15, -0.1) is 0 Å². The van der Waals surface area contributed by atoms with E-state index >= 15 is 0 Å². The molecule has 0 bridgehead atoms. The fourth-order valence-corrected chi connectivity index (χ4v) is 1.61. The molecule has 0 radical (unpaired) electrons. The Morgan fingerprint density at radius 1 is 1.50 bits per heavy atom. The molecule has 1 saturated heterocycles. The largest absolute Gasteiger partial charge is 0.486 e. The average molecular weight is 195 g/mol. The Morgan fingerprint density at radius 2 is 2.36 bits per heavy atom. The molecule has 1 aliphatic heterocycles. The minimum Gasteiger partial charge on any atom is -0.486 e. The molecule has 1 aromatic rings. The van der Waals surface area contributed by atoms with Gasteiger partial charge in [0.2, 0.25) is 0 Å². The lowest BCUT2D eigenvalue weighted by molar-refractivity contribution is 0.213. The van der Waals surface area contributed by atoms with E-state index < -0.39 is 0 Å². The van der Waals surface area contributed by atoms with Gasteiger partial charge >= 0.3 is 0 Å². The summed E-state index contributed by atoms with van der Waals surface area (Å²) >= 11 is 0. The van der Waals surface area contributed by atoms with Crippen LogP contribution < -0.4 is 10.1 Å². The topological polar surface area (TPSA) is 21.3 Å². The van der Waals surface area contributed by atoms with Gasteiger partial charge in [0.15, 0.2) is 11.6 Å². The SMILES string of the molecule is Cc1ccc(O[C@H]2CCNC2)c(F)c1. The molecule has 14 heavy (non-hydrogen) atoms. The van der Waals surface area contributed by atoms with E-state index in [-0.39, 0.29) is 11.9 Å². The standard InChI is InChI=1S/C11H14FNO/c1-8-2-3-11(10(12)6-8)14-9-4-5-13-7-9/h2-3,6,9,13H,4-5,7H2,1H3/t9-/m0/s1. The fraction of sp³-hybridized carbons (Fsp3) is 0.455. The predicted molar refractivity (Wildman–Crippen MR) is 53.0 cm³/mol. The van der Waals surface area contributed by atoms with Gasteiger partial charge in [-0.1, -0.05) is 6.07 Å². The van der Waals surface area contributed by atoms with Gasteiger partial charge in [-0.3, -0.25) is 0 Å². The molecule has 76 valence electrons. The summed E-state index contributed by atoms with van der Waals surface area (Å²) in [6, 6.07) is 5.06. The molecule has 2 rings (SSSR count). The second-order valence-corrected chi connectivity index (χ2v) is 3.67. The summed E-state index contributed by atoms with van der Waals surface area (Å²) in [5.41, 5.74) is 0.916. The van der Waals surface area contributed by atoms with Gasteiger partial charge < -0.3 is 10.1 Å². The zero-order chi connectivity index (χ0) is 9.97. The molecule has 0 amide bonds. The van der Waals surface area contributed by atoms with Crippen LogP contribution >= 0.6 is 0 Å². The first-order valence-corrected chi connectivity index (χ1v) is 4.89. The van der Waals surface area contributed by atoms with Crippen molar-refractivity contribution in [3.63, 3.8) is 0 Å². The minimum atomic E-state index is -0.267. The summed E-state index contributed by atoms with van der Waals surface area (Å²) in [5, 5.41) is 3.18. The van der Waals surface area contributed by atoms with E-state index in [0.717, 1.165) is 25.1 Å². The lowest BCUT2D eigenvalue weighted by Gasteiger charge is -2.13. The molecular weight excluding hydrogens is 181 g/mol. The normalized spacial score (nSPS) is 21.1. The van der Waals surface area contributed by atoms with Crippen molar-refractivity contribution >= 4 is 0 Å². The van der Waals surface area contributed by atoms with Gasteiger partial charge in [0, 0.05) is 6.54 Å². The number of ether oxygens (including phenoxy) is 1. The van der Waals surface area contributed by atoms with Crippen LogP contribution in [0, 0.1) is 12.7 Å². The van der Waals surface area contributed by atoms with E-state index in [9.17, 15) is 4.39 Å². The monoisotopic (exact) mass is 195 g/mol. The second kappa shape index (κ2) is 3.96. The Balaban J connectivity index is 2.08. The highest BCUT2D eigenvalue weighted by atomic mass is 19.1. The Kier molecular flexibility index (Phi) is 2.68. The van der Waals surface area contributed by atoms with Gasteiger partial charge in [-0.25, -0.2) is 4.39 Å². The zero-order valence-electron chi connectivity index (χ0n) is 8.22. The Morgan fingerprint density at radius 3 is 3.00 bits per heavy atom. The van der Waals surface area contributed by atoms with E-state index in [2.05, 4.69) is 5.32 Å². The van der Waals surface area contributed by atoms with Gasteiger partial charge in [-0.2, -0.15) is 0 Å². The minimum absolute atomic E-state index is 0.118. The quantitative estimate of drug-likeness (QED) is 0.778. The van der Waals surface area contributed by atoms with Crippen LogP contribution in [0.2, 0.25) is 0 Å².